The molecule has 6 nitrogen and oxygen atoms in total. The van der Waals surface area contributed by atoms with Gasteiger partial charge in [0.05, 0.1) is 27.6 Å². The van der Waals surface area contributed by atoms with Crippen LogP contribution in [0.15, 0.2) is 17.2 Å². The standard InChI is InChI=1S/C18H24ClN3O3/c1-2-3-8-25-12-6-4-11(5-7-12)22-17(23)13-9-20-16-14(19)10-21-18(24)15(13)16/h9-12,20H,2-8H2,1H3,(H,21,24)(H,22,23). The first-order chi connectivity index (χ1) is 12.1. The lowest BCUT2D eigenvalue weighted by molar-refractivity contribution is 0.0209. The molecule has 2 aromatic rings. The summed E-state index contributed by atoms with van der Waals surface area (Å²) in [4.78, 5) is 30.1. The van der Waals surface area contributed by atoms with Gasteiger partial charge in [-0.2, -0.15) is 0 Å². The lowest BCUT2D eigenvalue weighted by Crippen LogP contribution is -2.39. The highest BCUT2D eigenvalue weighted by molar-refractivity contribution is 6.35. The predicted molar refractivity (Wildman–Crippen MR) is 98.3 cm³/mol. The van der Waals surface area contributed by atoms with Gasteiger partial charge in [0.15, 0.2) is 0 Å². The van der Waals surface area contributed by atoms with Gasteiger partial charge >= 0.3 is 0 Å². The fourth-order valence-corrected chi connectivity index (χ4v) is 3.53. The number of amides is 1. The predicted octanol–water partition coefficient (Wildman–Crippen LogP) is 3.37. The third-order valence-electron chi connectivity index (χ3n) is 4.78. The van der Waals surface area contributed by atoms with Crippen LogP contribution in [0.4, 0.5) is 0 Å². The number of ether oxygens (including phenoxy) is 1. The lowest BCUT2D eigenvalue weighted by atomic mass is 9.92. The van der Waals surface area contributed by atoms with Crippen molar-refractivity contribution in [2.75, 3.05) is 6.61 Å². The first kappa shape index (κ1) is 18.0. The highest BCUT2D eigenvalue weighted by atomic mass is 35.5. The molecule has 0 aliphatic heterocycles. The minimum absolute atomic E-state index is 0.113. The zero-order valence-electron chi connectivity index (χ0n) is 14.4. The second kappa shape index (κ2) is 8.06. The second-order valence-electron chi connectivity index (χ2n) is 6.59. The lowest BCUT2D eigenvalue weighted by Gasteiger charge is -2.29. The SMILES string of the molecule is CCCCOC1CCC(NC(=O)c2c[nH]c3c(Cl)c[nH]c(=O)c23)CC1. The fraction of sp³-hybridized carbons (Fsp3) is 0.556. The van der Waals surface area contributed by atoms with Gasteiger partial charge in [-0.15, -0.1) is 0 Å². The van der Waals surface area contributed by atoms with Crippen LogP contribution in [0.2, 0.25) is 5.02 Å². The van der Waals surface area contributed by atoms with E-state index in [2.05, 4.69) is 22.2 Å². The average molecular weight is 366 g/mol. The highest BCUT2D eigenvalue weighted by Gasteiger charge is 2.24. The minimum atomic E-state index is -0.321. The summed E-state index contributed by atoms with van der Waals surface area (Å²) in [5.41, 5.74) is 0.502. The number of hydrogen-bond donors (Lipinski definition) is 3. The summed E-state index contributed by atoms with van der Waals surface area (Å²) in [7, 11) is 0. The maximum absolute atomic E-state index is 12.6. The summed E-state index contributed by atoms with van der Waals surface area (Å²) >= 11 is 6.06. The number of unbranched alkanes of at least 4 members (excludes halogenated alkanes) is 1. The Labute approximate surface area is 151 Å². The Morgan fingerprint density at radius 1 is 1.28 bits per heavy atom. The molecule has 0 saturated heterocycles. The smallest absolute Gasteiger partial charge is 0.258 e. The Balaban J connectivity index is 1.61. The van der Waals surface area contributed by atoms with Gasteiger partial charge in [0, 0.05) is 25.0 Å². The molecule has 1 fully saturated rings. The Morgan fingerprint density at radius 3 is 2.76 bits per heavy atom. The van der Waals surface area contributed by atoms with Crippen molar-refractivity contribution in [1.29, 1.82) is 0 Å². The normalized spacial score (nSPS) is 20.7. The number of carbonyl (C=O) groups is 1. The van der Waals surface area contributed by atoms with E-state index in [1.807, 2.05) is 0 Å². The number of aromatic amines is 2. The van der Waals surface area contributed by atoms with Crippen molar-refractivity contribution in [2.45, 2.75) is 57.6 Å². The van der Waals surface area contributed by atoms with Crippen molar-refractivity contribution in [1.82, 2.24) is 15.3 Å². The third kappa shape index (κ3) is 4.07. The molecule has 0 spiro atoms. The Bertz CT molecular complexity index is 790. The Kier molecular flexibility index (Phi) is 5.81. The molecule has 0 aromatic carbocycles. The summed E-state index contributed by atoms with van der Waals surface area (Å²) in [5, 5.41) is 3.73. The molecule has 1 amide bonds. The summed E-state index contributed by atoms with van der Waals surface area (Å²) in [6.07, 6.45) is 9.18. The van der Waals surface area contributed by atoms with Crippen LogP contribution in [-0.4, -0.2) is 34.6 Å². The molecule has 1 saturated carbocycles. The van der Waals surface area contributed by atoms with Crippen molar-refractivity contribution in [3.8, 4) is 0 Å². The molecule has 7 heteroatoms. The number of H-pyrrole nitrogens is 2. The van der Waals surface area contributed by atoms with Crippen LogP contribution < -0.4 is 10.9 Å². The van der Waals surface area contributed by atoms with Gasteiger partial charge in [-0.1, -0.05) is 24.9 Å². The van der Waals surface area contributed by atoms with Gasteiger partial charge in [-0.25, -0.2) is 0 Å². The topological polar surface area (TPSA) is 87.0 Å². The van der Waals surface area contributed by atoms with E-state index in [4.69, 9.17) is 16.3 Å². The molecule has 3 N–H and O–H groups in total. The van der Waals surface area contributed by atoms with Crippen molar-refractivity contribution in [2.24, 2.45) is 0 Å². The number of nitrogens with one attached hydrogen (secondary N) is 3. The van der Waals surface area contributed by atoms with Crippen molar-refractivity contribution >= 4 is 28.4 Å². The summed E-state index contributed by atoms with van der Waals surface area (Å²) in [6, 6.07) is 0.113. The number of halogens is 1. The van der Waals surface area contributed by atoms with E-state index in [9.17, 15) is 9.59 Å². The van der Waals surface area contributed by atoms with E-state index in [-0.39, 0.29) is 17.5 Å². The van der Waals surface area contributed by atoms with Crippen LogP contribution in [-0.2, 0) is 4.74 Å². The van der Waals surface area contributed by atoms with Gasteiger partial charge in [-0.05, 0) is 32.1 Å². The molecule has 0 unspecified atom stereocenters. The van der Waals surface area contributed by atoms with Crippen molar-refractivity contribution < 1.29 is 9.53 Å². The van der Waals surface area contributed by atoms with Crippen LogP contribution in [0.25, 0.3) is 10.9 Å². The highest BCUT2D eigenvalue weighted by Crippen LogP contribution is 2.24. The van der Waals surface area contributed by atoms with Crippen LogP contribution in [0.5, 0.6) is 0 Å². The monoisotopic (exact) mass is 365 g/mol. The molecule has 3 rings (SSSR count). The zero-order valence-corrected chi connectivity index (χ0v) is 15.1. The second-order valence-corrected chi connectivity index (χ2v) is 7.00. The van der Waals surface area contributed by atoms with Crippen LogP contribution in [0.3, 0.4) is 0 Å². The zero-order chi connectivity index (χ0) is 17.8. The minimum Gasteiger partial charge on any atom is -0.378 e. The number of rotatable bonds is 6. The Morgan fingerprint density at radius 2 is 2.04 bits per heavy atom. The van der Waals surface area contributed by atoms with Crippen molar-refractivity contribution in [3.05, 3.63) is 33.3 Å². The maximum atomic E-state index is 12.6. The molecular formula is C18H24ClN3O3. The van der Waals surface area contributed by atoms with Crippen LogP contribution >= 0.6 is 11.6 Å². The molecule has 0 bridgehead atoms. The summed E-state index contributed by atoms with van der Waals surface area (Å²) in [6.45, 7) is 2.97. The van der Waals surface area contributed by atoms with Gasteiger partial charge < -0.3 is 20.0 Å². The summed E-state index contributed by atoms with van der Waals surface area (Å²) < 4.78 is 5.86. The summed E-state index contributed by atoms with van der Waals surface area (Å²) in [5.74, 6) is -0.241. The van der Waals surface area contributed by atoms with Crippen molar-refractivity contribution in [3.63, 3.8) is 0 Å². The molecule has 0 radical (unpaired) electrons. The molecule has 136 valence electrons. The van der Waals surface area contributed by atoms with E-state index in [1.54, 1.807) is 6.20 Å². The quantitative estimate of drug-likeness (QED) is 0.686. The Hall–Kier alpha value is -1.79. The molecule has 2 aromatic heterocycles. The first-order valence-electron chi connectivity index (χ1n) is 8.91. The van der Waals surface area contributed by atoms with Gasteiger partial charge in [-0.3, -0.25) is 9.59 Å². The van der Waals surface area contributed by atoms with Gasteiger partial charge in [0.25, 0.3) is 11.5 Å². The molecule has 1 aliphatic rings. The van der Waals surface area contributed by atoms with E-state index in [1.165, 1.54) is 6.20 Å². The molecule has 0 atom stereocenters. The molecule has 25 heavy (non-hydrogen) atoms. The average Bonchev–Trinajstić information content (AvgIpc) is 3.06. The maximum Gasteiger partial charge on any atom is 0.258 e. The van der Waals surface area contributed by atoms with Gasteiger partial charge in [0.1, 0.15) is 0 Å². The van der Waals surface area contributed by atoms with Crippen LogP contribution in [0, 0.1) is 0 Å². The van der Waals surface area contributed by atoms with Crippen LogP contribution in [0.1, 0.15) is 55.8 Å². The largest absolute Gasteiger partial charge is 0.378 e. The van der Waals surface area contributed by atoms with Gasteiger partial charge in [0.2, 0.25) is 0 Å². The number of hydrogen-bond acceptors (Lipinski definition) is 3. The van der Waals surface area contributed by atoms with E-state index < -0.39 is 0 Å². The van der Waals surface area contributed by atoms with E-state index >= 15 is 0 Å². The fourth-order valence-electron chi connectivity index (χ4n) is 3.33. The van der Waals surface area contributed by atoms with E-state index in [0.717, 1.165) is 45.1 Å². The first-order valence-corrected chi connectivity index (χ1v) is 9.28. The number of pyridine rings is 1. The number of carbonyl (C=O) groups excluding carboxylic acids is 1. The number of fused-ring (bicyclic) bond motifs is 1. The van der Waals surface area contributed by atoms with E-state index in [0.29, 0.717) is 27.6 Å². The molecule has 1 aliphatic carbocycles. The molecule has 2 heterocycles. The third-order valence-corrected chi connectivity index (χ3v) is 5.08. The number of aromatic nitrogens is 2. The molecular weight excluding hydrogens is 342 g/mol.